The van der Waals surface area contributed by atoms with Crippen LogP contribution in [0.25, 0.3) is 0 Å². The summed E-state index contributed by atoms with van der Waals surface area (Å²) in [6, 6.07) is 7.57. The van der Waals surface area contributed by atoms with Gasteiger partial charge in [-0.2, -0.15) is 5.26 Å². The van der Waals surface area contributed by atoms with Gasteiger partial charge in [0.05, 0.1) is 12.7 Å². The third-order valence-corrected chi connectivity index (χ3v) is 2.04. The third kappa shape index (κ3) is 1.85. The average molecular weight is 179 g/mol. The van der Waals surface area contributed by atoms with Gasteiger partial charge in [0.15, 0.2) is 0 Å². The fraction of sp³-hybridized carbons (Fsp3) is 0.300. The van der Waals surface area contributed by atoms with Crippen LogP contribution in [0, 0.1) is 17.1 Å². The summed E-state index contributed by atoms with van der Waals surface area (Å²) < 4.78 is 12.5. The number of hydrogen-bond acceptors (Lipinski definition) is 2. The first-order chi connectivity index (χ1) is 6.12. The second kappa shape index (κ2) is 3.55. The molecule has 3 heteroatoms. The lowest BCUT2D eigenvalue weighted by Crippen LogP contribution is -2.24. The molecule has 1 aromatic rings. The minimum Gasteiger partial charge on any atom is -0.394 e. The van der Waals surface area contributed by atoms with Crippen LogP contribution in [0.5, 0.6) is 0 Å². The van der Waals surface area contributed by atoms with Crippen molar-refractivity contribution in [2.24, 2.45) is 0 Å². The van der Waals surface area contributed by atoms with Gasteiger partial charge < -0.3 is 5.11 Å². The summed E-state index contributed by atoms with van der Waals surface area (Å²) in [6.45, 7) is 1.34. The van der Waals surface area contributed by atoms with Crippen LogP contribution in [0.15, 0.2) is 24.3 Å². The molecular weight excluding hydrogens is 169 g/mol. The first-order valence-electron chi connectivity index (χ1n) is 3.90. The van der Waals surface area contributed by atoms with Crippen LogP contribution in [-0.2, 0) is 5.41 Å². The molecule has 1 aromatic carbocycles. The summed E-state index contributed by atoms with van der Waals surface area (Å²) in [6.07, 6.45) is 0. The number of nitriles is 1. The first-order valence-corrected chi connectivity index (χ1v) is 3.90. The van der Waals surface area contributed by atoms with Gasteiger partial charge in [0.2, 0.25) is 0 Å². The quantitative estimate of drug-likeness (QED) is 0.749. The van der Waals surface area contributed by atoms with Crippen molar-refractivity contribution < 1.29 is 9.50 Å². The van der Waals surface area contributed by atoms with Gasteiger partial charge in [-0.25, -0.2) is 4.39 Å². The molecule has 0 aliphatic rings. The number of halogens is 1. The topological polar surface area (TPSA) is 44.0 Å². The SMILES string of the molecule is CC(C#N)(CO)c1ccc(F)cc1. The Morgan fingerprint density at radius 3 is 2.38 bits per heavy atom. The molecule has 0 heterocycles. The molecule has 0 aliphatic heterocycles. The third-order valence-electron chi connectivity index (χ3n) is 2.04. The molecule has 1 rings (SSSR count). The number of rotatable bonds is 2. The largest absolute Gasteiger partial charge is 0.394 e. The zero-order chi connectivity index (χ0) is 9.90. The Kier molecular flexibility index (Phi) is 2.64. The van der Waals surface area contributed by atoms with Gasteiger partial charge in [-0.1, -0.05) is 12.1 Å². The predicted octanol–water partition coefficient (Wildman–Crippen LogP) is 1.60. The van der Waals surface area contributed by atoms with Crippen molar-refractivity contribution in [3.8, 4) is 6.07 Å². The van der Waals surface area contributed by atoms with Crippen molar-refractivity contribution in [2.75, 3.05) is 6.61 Å². The lowest BCUT2D eigenvalue weighted by Gasteiger charge is -2.18. The molecule has 0 aromatic heterocycles. The van der Waals surface area contributed by atoms with E-state index in [0.29, 0.717) is 5.56 Å². The predicted molar refractivity (Wildman–Crippen MR) is 46.5 cm³/mol. The summed E-state index contributed by atoms with van der Waals surface area (Å²) in [5.41, 5.74) is -0.313. The highest BCUT2D eigenvalue weighted by Gasteiger charge is 2.24. The van der Waals surface area contributed by atoms with Gasteiger partial charge >= 0.3 is 0 Å². The standard InChI is InChI=1S/C10H10FNO/c1-10(6-12,7-13)8-2-4-9(11)5-3-8/h2-5,13H,7H2,1H3. The molecular formula is C10H10FNO. The Morgan fingerprint density at radius 2 is 2.00 bits per heavy atom. The molecule has 2 nitrogen and oxygen atoms in total. The van der Waals surface area contributed by atoms with Gasteiger partial charge in [0.1, 0.15) is 11.2 Å². The summed E-state index contributed by atoms with van der Waals surface area (Å²) in [5.74, 6) is -0.345. The number of benzene rings is 1. The van der Waals surface area contributed by atoms with E-state index in [1.54, 1.807) is 6.92 Å². The van der Waals surface area contributed by atoms with E-state index in [1.807, 2.05) is 6.07 Å². The molecule has 1 unspecified atom stereocenters. The van der Waals surface area contributed by atoms with Gasteiger partial charge in [0, 0.05) is 0 Å². The van der Waals surface area contributed by atoms with Crippen molar-refractivity contribution in [2.45, 2.75) is 12.3 Å². The Balaban J connectivity index is 3.08. The molecule has 0 bridgehead atoms. The fourth-order valence-electron chi connectivity index (χ4n) is 1.01. The second-order valence-electron chi connectivity index (χ2n) is 3.11. The maximum Gasteiger partial charge on any atom is 0.123 e. The molecule has 0 fully saturated rings. The lowest BCUT2D eigenvalue weighted by molar-refractivity contribution is 0.240. The Labute approximate surface area is 76.2 Å². The van der Waals surface area contributed by atoms with Crippen LogP contribution in [0.3, 0.4) is 0 Å². The number of aliphatic hydroxyl groups excluding tert-OH is 1. The number of nitrogens with zero attached hydrogens (tertiary/aromatic N) is 1. The van der Waals surface area contributed by atoms with Crippen molar-refractivity contribution in [3.05, 3.63) is 35.6 Å². The van der Waals surface area contributed by atoms with Gasteiger partial charge in [0.25, 0.3) is 0 Å². The van der Waals surface area contributed by atoms with Crippen LogP contribution in [-0.4, -0.2) is 11.7 Å². The summed E-state index contributed by atoms with van der Waals surface area (Å²) in [4.78, 5) is 0. The van der Waals surface area contributed by atoms with E-state index in [9.17, 15) is 4.39 Å². The Hall–Kier alpha value is -1.40. The van der Waals surface area contributed by atoms with Crippen LogP contribution in [0.4, 0.5) is 4.39 Å². The van der Waals surface area contributed by atoms with E-state index in [0.717, 1.165) is 0 Å². The molecule has 0 amide bonds. The molecule has 1 N–H and O–H groups in total. The van der Waals surface area contributed by atoms with E-state index in [1.165, 1.54) is 24.3 Å². The molecule has 0 spiro atoms. The number of aliphatic hydroxyl groups is 1. The molecule has 0 aliphatic carbocycles. The van der Waals surface area contributed by atoms with E-state index >= 15 is 0 Å². The molecule has 0 saturated carbocycles. The monoisotopic (exact) mass is 179 g/mol. The van der Waals surface area contributed by atoms with Crippen molar-refractivity contribution in [3.63, 3.8) is 0 Å². The van der Waals surface area contributed by atoms with Crippen molar-refractivity contribution in [1.82, 2.24) is 0 Å². The maximum atomic E-state index is 12.5. The van der Waals surface area contributed by atoms with Crippen molar-refractivity contribution in [1.29, 1.82) is 5.26 Å². The van der Waals surface area contributed by atoms with E-state index in [-0.39, 0.29) is 12.4 Å². The minimum atomic E-state index is -0.937. The highest BCUT2D eigenvalue weighted by Crippen LogP contribution is 2.22. The summed E-state index contributed by atoms with van der Waals surface area (Å²) >= 11 is 0. The minimum absolute atomic E-state index is 0.269. The summed E-state index contributed by atoms with van der Waals surface area (Å²) in [5, 5.41) is 17.8. The van der Waals surface area contributed by atoms with E-state index in [4.69, 9.17) is 10.4 Å². The van der Waals surface area contributed by atoms with Gasteiger partial charge in [-0.15, -0.1) is 0 Å². The average Bonchev–Trinajstić information content (AvgIpc) is 2.18. The molecule has 0 radical (unpaired) electrons. The highest BCUT2D eigenvalue weighted by molar-refractivity contribution is 5.31. The van der Waals surface area contributed by atoms with Crippen molar-refractivity contribution >= 4 is 0 Å². The van der Waals surface area contributed by atoms with Crippen LogP contribution in [0.1, 0.15) is 12.5 Å². The molecule has 13 heavy (non-hydrogen) atoms. The van der Waals surface area contributed by atoms with Crippen LogP contribution < -0.4 is 0 Å². The zero-order valence-corrected chi connectivity index (χ0v) is 7.29. The lowest BCUT2D eigenvalue weighted by atomic mass is 9.85. The fourth-order valence-corrected chi connectivity index (χ4v) is 1.01. The zero-order valence-electron chi connectivity index (χ0n) is 7.29. The Bertz CT molecular complexity index is 328. The normalized spacial score (nSPS) is 14.6. The van der Waals surface area contributed by atoms with E-state index in [2.05, 4.69) is 0 Å². The van der Waals surface area contributed by atoms with E-state index < -0.39 is 5.41 Å². The molecule has 68 valence electrons. The smallest absolute Gasteiger partial charge is 0.123 e. The maximum absolute atomic E-state index is 12.5. The van der Waals surface area contributed by atoms with Gasteiger partial charge in [-0.05, 0) is 24.6 Å². The second-order valence-corrected chi connectivity index (χ2v) is 3.11. The molecule has 0 saturated heterocycles. The highest BCUT2D eigenvalue weighted by atomic mass is 19.1. The van der Waals surface area contributed by atoms with Crippen LogP contribution in [0.2, 0.25) is 0 Å². The first kappa shape index (κ1) is 9.69. The number of hydrogen-bond donors (Lipinski definition) is 1. The Morgan fingerprint density at radius 1 is 1.46 bits per heavy atom. The molecule has 1 atom stereocenters. The summed E-state index contributed by atoms with van der Waals surface area (Å²) in [7, 11) is 0. The van der Waals surface area contributed by atoms with Crippen LogP contribution >= 0.6 is 0 Å². The van der Waals surface area contributed by atoms with Gasteiger partial charge in [-0.3, -0.25) is 0 Å².